The van der Waals surface area contributed by atoms with E-state index in [1.54, 1.807) is 0 Å². The highest BCUT2D eigenvalue weighted by atomic mass is 16.5. The summed E-state index contributed by atoms with van der Waals surface area (Å²) in [7, 11) is 0. The highest BCUT2D eigenvalue weighted by Gasteiger charge is 2.21. The molecular formula is C13H20N2O. The Labute approximate surface area is 97.0 Å². The van der Waals surface area contributed by atoms with Crippen molar-refractivity contribution in [3.8, 4) is 5.75 Å². The second-order valence-corrected chi connectivity index (χ2v) is 4.78. The molecule has 3 N–H and O–H groups in total. The van der Waals surface area contributed by atoms with Crippen molar-refractivity contribution in [3.63, 3.8) is 0 Å². The zero-order valence-corrected chi connectivity index (χ0v) is 9.99. The molecule has 1 aromatic rings. The third kappa shape index (κ3) is 2.20. The molecule has 0 saturated carbocycles. The summed E-state index contributed by atoms with van der Waals surface area (Å²) in [6.45, 7) is 5.20. The second kappa shape index (κ2) is 4.85. The molecule has 1 unspecified atom stereocenters. The predicted octanol–water partition coefficient (Wildman–Crippen LogP) is 2.17. The molecule has 1 heterocycles. The number of nitrogens with one attached hydrogen (secondary N) is 1. The maximum atomic E-state index is 5.70. The van der Waals surface area contributed by atoms with E-state index < -0.39 is 0 Å². The molecule has 1 aromatic carbocycles. The molecule has 0 spiro atoms. The summed E-state index contributed by atoms with van der Waals surface area (Å²) in [6, 6.07) is 6.52. The van der Waals surface area contributed by atoms with Gasteiger partial charge in [0.15, 0.2) is 0 Å². The fraction of sp³-hybridized carbons (Fsp3) is 0.538. The third-order valence-corrected chi connectivity index (χ3v) is 3.03. The molecule has 1 aliphatic heterocycles. The van der Waals surface area contributed by atoms with Gasteiger partial charge >= 0.3 is 0 Å². The first-order valence-electron chi connectivity index (χ1n) is 5.93. The Morgan fingerprint density at radius 3 is 2.94 bits per heavy atom. The Balaban J connectivity index is 2.28. The van der Waals surface area contributed by atoms with E-state index in [-0.39, 0.29) is 6.04 Å². The second-order valence-electron chi connectivity index (χ2n) is 4.78. The summed E-state index contributed by atoms with van der Waals surface area (Å²) in [5.41, 5.74) is 5.41. The zero-order valence-electron chi connectivity index (χ0n) is 9.99. The molecule has 0 saturated heterocycles. The SMILES string of the molecule is CC(C)CC(NN)c1cccc2c1OCC2. The lowest BCUT2D eigenvalue weighted by Crippen LogP contribution is -2.29. The van der Waals surface area contributed by atoms with E-state index in [4.69, 9.17) is 10.6 Å². The van der Waals surface area contributed by atoms with Gasteiger partial charge in [0, 0.05) is 18.0 Å². The fourth-order valence-electron chi connectivity index (χ4n) is 2.27. The summed E-state index contributed by atoms with van der Waals surface area (Å²) in [6.07, 6.45) is 2.04. The monoisotopic (exact) mass is 220 g/mol. The lowest BCUT2D eigenvalue weighted by atomic mass is 9.95. The topological polar surface area (TPSA) is 47.3 Å². The number of ether oxygens (including phenoxy) is 1. The van der Waals surface area contributed by atoms with Crippen molar-refractivity contribution in [1.82, 2.24) is 5.43 Å². The number of nitrogens with two attached hydrogens (primary N) is 1. The minimum atomic E-state index is 0.188. The van der Waals surface area contributed by atoms with Crippen LogP contribution >= 0.6 is 0 Å². The van der Waals surface area contributed by atoms with Gasteiger partial charge in [-0.05, 0) is 17.9 Å². The molecule has 16 heavy (non-hydrogen) atoms. The van der Waals surface area contributed by atoms with Crippen LogP contribution in [0.15, 0.2) is 18.2 Å². The molecule has 3 heteroatoms. The van der Waals surface area contributed by atoms with Crippen LogP contribution in [0.25, 0.3) is 0 Å². The number of para-hydroxylation sites is 1. The molecule has 0 fully saturated rings. The highest BCUT2D eigenvalue weighted by Crippen LogP contribution is 2.35. The van der Waals surface area contributed by atoms with Crippen LogP contribution in [-0.2, 0) is 6.42 Å². The average molecular weight is 220 g/mol. The van der Waals surface area contributed by atoms with Gasteiger partial charge in [-0.15, -0.1) is 0 Å². The minimum Gasteiger partial charge on any atom is -0.493 e. The molecule has 0 radical (unpaired) electrons. The summed E-state index contributed by atoms with van der Waals surface area (Å²) in [5, 5.41) is 0. The summed E-state index contributed by atoms with van der Waals surface area (Å²) in [5.74, 6) is 7.30. The van der Waals surface area contributed by atoms with Crippen LogP contribution in [0.4, 0.5) is 0 Å². The van der Waals surface area contributed by atoms with E-state index in [0.29, 0.717) is 5.92 Å². The van der Waals surface area contributed by atoms with E-state index in [2.05, 4.69) is 37.5 Å². The molecule has 2 rings (SSSR count). The maximum Gasteiger partial charge on any atom is 0.127 e. The molecule has 1 atom stereocenters. The molecular weight excluding hydrogens is 200 g/mol. The lowest BCUT2D eigenvalue weighted by molar-refractivity contribution is 0.343. The van der Waals surface area contributed by atoms with Crippen LogP contribution in [0.1, 0.15) is 37.4 Å². The van der Waals surface area contributed by atoms with E-state index in [0.717, 1.165) is 25.2 Å². The maximum absolute atomic E-state index is 5.70. The highest BCUT2D eigenvalue weighted by molar-refractivity contribution is 5.45. The predicted molar refractivity (Wildman–Crippen MR) is 65.2 cm³/mol. The van der Waals surface area contributed by atoms with Crippen molar-refractivity contribution in [3.05, 3.63) is 29.3 Å². The van der Waals surface area contributed by atoms with E-state index in [1.807, 2.05) is 0 Å². The van der Waals surface area contributed by atoms with Crippen LogP contribution in [0.2, 0.25) is 0 Å². The molecule has 88 valence electrons. The van der Waals surface area contributed by atoms with Gasteiger partial charge in [0.05, 0.1) is 6.61 Å². The van der Waals surface area contributed by atoms with Gasteiger partial charge in [-0.1, -0.05) is 32.0 Å². The largest absolute Gasteiger partial charge is 0.493 e. The third-order valence-electron chi connectivity index (χ3n) is 3.03. The summed E-state index contributed by atoms with van der Waals surface area (Å²) in [4.78, 5) is 0. The normalized spacial score (nSPS) is 16.0. The quantitative estimate of drug-likeness (QED) is 0.604. The van der Waals surface area contributed by atoms with Crippen molar-refractivity contribution in [2.24, 2.45) is 11.8 Å². The number of rotatable bonds is 4. The minimum absolute atomic E-state index is 0.188. The van der Waals surface area contributed by atoms with Crippen LogP contribution < -0.4 is 16.0 Å². The molecule has 0 amide bonds. The Morgan fingerprint density at radius 2 is 2.25 bits per heavy atom. The van der Waals surface area contributed by atoms with Crippen molar-refractivity contribution < 1.29 is 4.74 Å². The van der Waals surface area contributed by atoms with Gasteiger partial charge in [-0.25, -0.2) is 0 Å². The molecule has 3 nitrogen and oxygen atoms in total. The Hall–Kier alpha value is -1.06. The van der Waals surface area contributed by atoms with Crippen LogP contribution in [0.3, 0.4) is 0 Å². The van der Waals surface area contributed by atoms with Crippen molar-refractivity contribution >= 4 is 0 Å². The number of fused-ring (bicyclic) bond motifs is 1. The van der Waals surface area contributed by atoms with Crippen molar-refractivity contribution in [1.29, 1.82) is 0 Å². The van der Waals surface area contributed by atoms with Crippen LogP contribution in [0, 0.1) is 5.92 Å². The zero-order chi connectivity index (χ0) is 11.5. The van der Waals surface area contributed by atoms with E-state index >= 15 is 0 Å². The first-order chi connectivity index (χ1) is 7.72. The first-order valence-corrected chi connectivity index (χ1v) is 5.93. The number of hydrogen-bond acceptors (Lipinski definition) is 3. The first kappa shape index (κ1) is 11.4. The Bertz CT molecular complexity index is 363. The van der Waals surface area contributed by atoms with Crippen molar-refractivity contribution in [2.75, 3.05) is 6.61 Å². The van der Waals surface area contributed by atoms with Crippen LogP contribution in [-0.4, -0.2) is 6.61 Å². The number of benzene rings is 1. The fourth-order valence-corrected chi connectivity index (χ4v) is 2.27. The average Bonchev–Trinajstić information content (AvgIpc) is 2.73. The van der Waals surface area contributed by atoms with Gasteiger partial charge in [-0.2, -0.15) is 0 Å². The standard InChI is InChI=1S/C13H20N2O/c1-9(2)8-12(15-14)11-5-3-4-10-6-7-16-13(10)11/h3-5,9,12,15H,6-8,14H2,1-2H3. The molecule has 0 bridgehead atoms. The number of hydrazine groups is 1. The van der Waals surface area contributed by atoms with Gasteiger partial charge in [-0.3, -0.25) is 11.3 Å². The lowest BCUT2D eigenvalue weighted by Gasteiger charge is -2.20. The van der Waals surface area contributed by atoms with Gasteiger partial charge in [0.2, 0.25) is 0 Å². The Morgan fingerprint density at radius 1 is 1.44 bits per heavy atom. The molecule has 0 aromatic heterocycles. The van der Waals surface area contributed by atoms with Gasteiger partial charge < -0.3 is 4.74 Å². The van der Waals surface area contributed by atoms with Crippen molar-refractivity contribution in [2.45, 2.75) is 32.7 Å². The summed E-state index contributed by atoms with van der Waals surface area (Å²) >= 11 is 0. The van der Waals surface area contributed by atoms with Gasteiger partial charge in [0.25, 0.3) is 0 Å². The summed E-state index contributed by atoms with van der Waals surface area (Å²) < 4.78 is 5.70. The van der Waals surface area contributed by atoms with E-state index in [1.165, 1.54) is 11.1 Å². The number of hydrogen-bond donors (Lipinski definition) is 2. The molecule has 0 aliphatic carbocycles. The smallest absolute Gasteiger partial charge is 0.127 e. The van der Waals surface area contributed by atoms with Crippen LogP contribution in [0.5, 0.6) is 5.75 Å². The molecule has 1 aliphatic rings. The van der Waals surface area contributed by atoms with E-state index in [9.17, 15) is 0 Å². The van der Waals surface area contributed by atoms with Gasteiger partial charge in [0.1, 0.15) is 5.75 Å². The Kier molecular flexibility index (Phi) is 3.46.